The van der Waals surface area contributed by atoms with Crippen molar-refractivity contribution in [1.82, 2.24) is 14.9 Å². The molecule has 0 aliphatic rings. The molecule has 3 rings (SSSR count). The third kappa shape index (κ3) is 4.97. The van der Waals surface area contributed by atoms with E-state index in [9.17, 15) is 4.79 Å². The zero-order valence-electron chi connectivity index (χ0n) is 13.9. The van der Waals surface area contributed by atoms with Gasteiger partial charge < -0.3 is 9.88 Å². The van der Waals surface area contributed by atoms with Crippen LogP contribution in [0.25, 0.3) is 6.08 Å². The number of halogens is 2. The van der Waals surface area contributed by atoms with Crippen LogP contribution in [-0.2, 0) is 17.9 Å². The monoisotopic (exact) mass is 385 g/mol. The first-order chi connectivity index (χ1) is 12.6. The number of amides is 1. The van der Waals surface area contributed by atoms with Gasteiger partial charge in [0.2, 0.25) is 5.91 Å². The lowest BCUT2D eigenvalue weighted by atomic mass is 10.1. The van der Waals surface area contributed by atoms with Crippen LogP contribution in [0.15, 0.2) is 67.3 Å². The standard InChI is InChI=1S/C20H17Cl2N3O/c21-18-2-1-3-19(22)17(18)8-9-20(26)24-12-15-4-6-16(7-5-15)13-25-11-10-23-14-25/h1-11,14H,12-13H2,(H,24,26)/b9-8+. The van der Waals surface area contributed by atoms with E-state index in [1.165, 1.54) is 11.6 Å². The molecule has 2 aromatic carbocycles. The van der Waals surface area contributed by atoms with Crippen molar-refractivity contribution < 1.29 is 4.79 Å². The van der Waals surface area contributed by atoms with Gasteiger partial charge in [-0.05, 0) is 29.3 Å². The molecule has 0 aliphatic heterocycles. The summed E-state index contributed by atoms with van der Waals surface area (Å²) < 4.78 is 2.00. The Labute approximate surface area is 162 Å². The zero-order chi connectivity index (χ0) is 18.4. The molecule has 0 bridgehead atoms. The van der Waals surface area contributed by atoms with Crippen molar-refractivity contribution in [1.29, 1.82) is 0 Å². The Bertz CT molecular complexity index is 883. The molecule has 3 aromatic rings. The van der Waals surface area contributed by atoms with E-state index in [-0.39, 0.29) is 5.91 Å². The average Bonchev–Trinajstić information content (AvgIpc) is 3.14. The number of aromatic nitrogens is 2. The molecule has 1 N–H and O–H groups in total. The summed E-state index contributed by atoms with van der Waals surface area (Å²) >= 11 is 12.2. The van der Waals surface area contributed by atoms with Crippen LogP contribution in [0, 0.1) is 0 Å². The Kier molecular flexibility index (Phi) is 6.10. The molecule has 0 atom stereocenters. The lowest BCUT2D eigenvalue weighted by molar-refractivity contribution is -0.116. The summed E-state index contributed by atoms with van der Waals surface area (Å²) in [5.41, 5.74) is 2.83. The second kappa shape index (κ2) is 8.70. The van der Waals surface area contributed by atoms with Crippen LogP contribution in [0.2, 0.25) is 10.0 Å². The molecule has 0 radical (unpaired) electrons. The summed E-state index contributed by atoms with van der Waals surface area (Å²) in [7, 11) is 0. The molecule has 0 saturated carbocycles. The fourth-order valence-corrected chi connectivity index (χ4v) is 2.95. The van der Waals surface area contributed by atoms with Gasteiger partial charge in [0, 0.05) is 47.2 Å². The highest BCUT2D eigenvalue weighted by Crippen LogP contribution is 2.25. The largest absolute Gasteiger partial charge is 0.348 e. The van der Waals surface area contributed by atoms with Crippen LogP contribution in [0.1, 0.15) is 16.7 Å². The van der Waals surface area contributed by atoms with Crippen molar-refractivity contribution in [3.63, 3.8) is 0 Å². The van der Waals surface area contributed by atoms with Crippen LogP contribution >= 0.6 is 23.2 Å². The Balaban J connectivity index is 1.53. The highest BCUT2D eigenvalue weighted by atomic mass is 35.5. The summed E-state index contributed by atoms with van der Waals surface area (Å²) in [4.78, 5) is 16.0. The Morgan fingerprint density at radius 2 is 1.77 bits per heavy atom. The zero-order valence-corrected chi connectivity index (χ0v) is 15.4. The highest BCUT2D eigenvalue weighted by Gasteiger charge is 2.03. The molecule has 0 aliphatic carbocycles. The van der Waals surface area contributed by atoms with Gasteiger partial charge in [0.25, 0.3) is 0 Å². The number of rotatable bonds is 6. The Hall–Kier alpha value is -2.56. The van der Waals surface area contributed by atoms with E-state index in [1.807, 2.05) is 35.0 Å². The molecule has 0 spiro atoms. The molecular weight excluding hydrogens is 369 g/mol. The molecule has 26 heavy (non-hydrogen) atoms. The quantitative estimate of drug-likeness (QED) is 0.631. The van der Waals surface area contributed by atoms with E-state index in [1.54, 1.807) is 36.8 Å². The number of carbonyl (C=O) groups is 1. The Morgan fingerprint density at radius 3 is 2.42 bits per heavy atom. The molecule has 6 heteroatoms. The molecule has 0 saturated heterocycles. The number of nitrogens with zero attached hydrogens (tertiary/aromatic N) is 2. The summed E-state index contributed by atoms with van der Waals surface area (Å²) in [6.45, 7) is 1.22. The van der Waals surface area contributed by atoms with Crippen LogP contribution in [-0.4, -0.2) is 15.5 Å². The van der Waals surface area contributed by atoms with Crippen molar-refractivity contribution in [3.8, 4) is 0 Å². The second-order valence-corrected chi connectivity index (χ2v) is 6.55. The normalized spacial score (nSPS) is 11.0. The van der Waals surface area contributed by atoms with E-state index in [2.05, 4.69) is 10.3 Å². The molecule has 0 fully saturated rings. The number of imidazole rings is 1. The molecule has 132 valence electrons. The third-order valence-electron chi connectivity index (χ3n) is 3.82. The van der Waals surface area contributed by atoms with Crippen molar-refractivity contribution in [3.05, 3.63) is 94.0 Å². The first kappa shape index (κ1) is 18.2. The van der Waals surface area contributed by atoms with Crippen LogP contribution in [0.4, 0.5) is 0 Å². The van der Waals surface area contributed by atoms with E-state index in [0.717, 1.165) is 12.1 Å². The van der Waals surface area contributed by atoms with Gasteiger partial charge in [-0.3, -0.25) is 4.79 Å². The van der Waals surface area contributed by atoms with Crippen LogP contribution in [0.5, 0.6) is 0 Å². The third-order valence-corrected chi connectivity index (χ3v) is 4.47. The first-order valence-electron chi connectivity index (χ1n) is 8.05. The number of hydrogen-bond acceptors (Lipinski definition) is 2. The van der Waals surface area contributed by atoms with Gasteiger partial charge >= 0.3 is 0 Å². The molecule has 1 amide bonds. The van der Waals surface area contributed by atoms with Crippen LogP contribution in [0.3, 0.4) is 0 Å². The highest BCUT2D eigenvalue weighted by molar-refractivity contribution is 6.37. The van der Waals surface area contributed by atoms with Gasteiger partial charge in [-0.1, -0.05) is 53.5 Å². The van der Waals surface area contributed by atoms with E-state index in [4.69, 9.17) is 23.2 Å². The van der Waals surface area contributed by atoms with Crippen molar-refractivity contribution in [2.24, 2.45) is 0 Å². The number of carbonyl (C=O) groups excluding carboxylic acids is 1. The summed E-state index contributed by atoms with van der Waals surface area (Å²) in [5, 5.41) is 3.86. The minimum atomic E-state index is -0.205. The maximum Gasteiger partial charge on any atom is 0.244 e. The van der Waals surface area contributed by atoms with Gasteiger partial charge in [0.1, 0.15) is 0 Å². The number of benzene rings is 2. The minimum absolute atomic E-state index is 0.205. The predicted octanol–water partition coefficient (Wildman–Crippen LogP) is 4.57. The number of nitrogens with one attached hydrogen (secondary N) is 1. The molecule has 4 nitrogen and oxygen atoms in total. The maximum absolute atomic E-state index is 12.0. The van der Waals surface area contributed by atoms with Crippen molar-refractivity contribution in [2.45, 2.75) is 13.1 Å². The maximum atomic E-state index is 12.0. The van der Waals surface area contributed by atoms with Crippen molar-refractivity contribution >= 4 is 35.2 Å². The van der Waals surface area contributed by atoms with Gasteiger partial charge in [-0.25, -0.2) is 4.98 Å². The summed E-state index contributed by atoms with van der Waals surface area (Å²) in [6, 6.07) is 13.3. The van der Waals surface area contributed by atoms with Crippen LogP contribution < -0.4 is 5.32 Å². The van der Waals surface area contributed by atoms with E-state index >= 15 is 0 Å². The van der Waals surface area contributed by atoms with Gasteiger partial charge in [0.15, 0.2) is 0 Å². The van der Waals surface area contributed by atoms with E-state index in [0.29, 0.717) is 22.2 Å². The SMILES string of the molecule is O=C(/C=C/c1c(Cl)cccc1Cl)NCc1ccc(Cn2ccnc2)cc1. The second-order valence-electron chi connectivity index (χ2n) is 5.74. The Morgan fingerprint density at radius 1 is 1.08 bits per heavy atom. The van der Waals surface area contributed by atoms with E-state index < -0.39 is 0 Å². The average molecular weight is 386 g/mol. The number of hydrogen-bond donors (Lipinski definition) is 1. The summed E-state index contributed by atoms with van der Waals surface area (Å²) in [5.74, 6) is -0.205. The van der Waals surface area contributed by atoms with Gasteiger partial charge in [-0.15, -0.1) is 0 Å². The lowest BCUT2D eigenvalue weighted by Crippen LogP contribution is -2.20. The molecular formula is C20H17Cl2N3O. The smallest absolute Gasteiger partial charge is 0.244 e. The predicted molar refractivity (Wildman–Crippen MR) is 105 cm³/mol. The molecule has 1 aromatic heterocycles. The van der Waals surface area contributed by atoms with Gasteiger partial charge in [-0.2, -0.15) is 0 Å². The van der Waals surface area contributed by atoms with Gasteiger partial charge in [0.05, 0.1) is 6.33 Å². The molecule has 1 heterocycles. The summed E-state index contributed by atoms with van der Waals surface area (Å²) in [6.07, 6.45) is 8.51. The molecule has 0 unspecified atom stereocenters. The first-order valence-corrected chi connectivity index (χ1v) is 8.81. The van der Waals surface area contributed by atoms with Crippen molar-refractivity contribution in [2.75, 3.05) is 0 Å². The topological polar surface area (TPSA) is 46.9 Å². The fraction of sp³-hybridized carbons (Fsp3) is 0.100. The minimum Gasteiger partial charge on any atom is -0.348 e. The lowest BCUT2D eigenvalue weighted by Gasteiger charge is -2.06. The fourth-order valence-electron chi connectivity index (χ4n) is 2.43.